The van der Waals surface area contributed by atoms with Crippen LogP contribution < -0.4 is 5.32 Å². The zero-order valence-electron chi connectivity index (χ0n) is 19.2. The van der Waals surface area contributed by atoms with Crippen molar-refractivity contribution in [2.45, 2.75) is 39.2 Å². The second-order valence-corrected chi connectivity index (χ2v) is 8.68. The van der Waals surface area contributed by atoms with Gasteiger partial charge in [-0.3, -0.25) is 4.79 Å². The molecule has 0 amide bonds. The number of aryl methyl sites for hydroxylation is 2. The van der Waals surface area contributed by atoms with Crippen LogP contribution in [-0.4, -0.2) is 23.1 Å². The van der Waals surface area contributed by atoms with Gasteiger partial charge in [-0.25, -0.2) is 0 Å². The third-order valence-corrected chi connectivity index (χ3v) is 6.06. The molecule has 0 saturated carbocycles. The van der Waals surface area contributed by atoms with E-state index in [9.17, 15) is 9.59 Å². The molecule has 0 spiro atoms. The largest absolute Gasteiger partial charge is 0.360 e. The average Bonchev–Trinajstić information content (AvgIpc) is 3.25. The fourth-order valence-electron chi connectivity index (χ4n) is 4.13. The number of nitrogens with one attached hydrogen (secondary N) is 2. The summed E-state index contributed by atoms with van der Waals surface area (Å²) in [7, 11) is 0. The van der Waals surface area contributed by atoms with Crippen LogP contribution >= 0.6 is 0 Å². The van der Waals surface area contributed by atoms with Crippen molar-refractivity contribution in [3.8, 4) is 0 Å². The molecule has 0 saturated heterocycles. The molecule has 1 atom stereocenters. The van der Waals surface area contributed by atoms with Gasteiger partial charge in [0.05, 0.1) is 6.04 Å². The molecular formula is C29H30N2O2. The Labute approximate surface area is 195 Å². The van der Waals surface area contributed by atoms with Crippen LogP contribution in [0.4, 0.5) is 0 Å². The number of rotatable bonds is 10. The molecule has 4 nitrogen and oxygen atoms in total. The van der Waals surface area contributed by atoms with E-state index in [1.165, 1.54) is 11.1 Å². The second kappa shape index (κ2) is 10.4. The predicted octanol–water partition coefficient (Wildman–Crippen LogP) is 5.75. The van der Waals surface area contributed by atoms with E-state index >= 15 is 0 Å². The number of carbonyl (C=O) groups is 2. The van der Waals surface area contributed by atoms with Gasteiger partial charge in [-0.15, -0.1) is 0 Å². The SMILES string of the molecule is CC(=O)CCc1ccc2c(C(=O)[C@H](NCCc3ccc(C)cc3)c3ccccc3)c[nH]c2c1. The number of hydrogen-bond donors (Lipinski definition) is 2. The lowest BCUT2D eigenvalue weighted by molar-refractivity contribution is -0.116. The van der Waals surface area contributed by atoms with E-state index in [4.69, 9.17) is 0 Å². The molecule has 0 fully saturated rings. The zero-order valence-corrected chi connectivity index (χ0v) is 19.2. The molecule has 1 aromatic heterocycles. The number of aromatic amines is 1. The van der Waals surface area contributed by atoms with Crippen molar-refractivity contribution in [3.05, 3.63) is 107 Å². The summed E-state index contributed by atoms with van der Waals surface area (Å²) >= 11 is 0. The molecule has 0 bridgehead atoms. The van der Waals surface area contributed by atoms with E-state index in [0.29, 0.717) is 24.9 Å². The number of fused-ring (bicyclic) bond motifs is 1. The van der Waals surface area contributed by atoms with Crippen molar-refractivity contribution in [1.82, 2.24) is 10.3 Å². The third kappa shape index (κ3) is 5.65. The summed E-state index contributed by atoms with van der Waals surface area (Å²) < 4.78 is 0. The fourth-order valence-corrected chi connectivity index (χ4v) is 4.13. The van der Waals surface area contributed by atoms with Gasteiger partial charge in [0.25, 0.3) is 0 Å². The summed E-state index contributed by atoms with van der Waals surface area (Å²) in [5.41, 5.74) is 6.14. The highest BCUT2D eigenvalue weighted by molar-refractivity contribution is 6.10. The first kappa shape index (κ1) is 22.7. The Morgan fingerprint density at radius 1 is 0.909 bits per heavy atom. The van der Waals surface area contributed by atoms with Crippen molar-refractivity contribution in [3.63, 3.8) is 0 Å². The maximum absolute atomic E-state index is 13.7. The smallest absolute Gasteiger partial charge is 0.186 e. The maximum Gasteiger partial charge on any atom is 0.186 e. The number of ketones is 2. The Kier molecular flexibility index (Phi) is 7.16. The van der Waals surface area contributed by atoms with Crippen molar-refractivity contribution < 1.29 is 9.59 Å². The summed E-state index contributed by atoms with van der Waals surface area (Å²) in [6, 6.07) is 24.0. The van der Waals surface area contributed by atoms with Gasteiger partial charge >= 0.3 is 0 Å². The van der Waals surface area contributed by atoms with E-state index in [0.717, 1.165) is 28.5 Å². The summed E-state index contributed by atoms with van der Waals surface area (Å²) in [6.07, 6.45) is 3.89. The van der Waals surface area contributed by atoms with Crippen molar-refractivity contribution in [2.75, 3.05) is 6.54 Å². The van der Waals surface area contributed by atoms with Gasteiger partial charge in [0, 0.05) is 35.6 Å². The highest BCUT2D eigenvalue weighted by Crippen LogP contribution is 2.26. The number of H-pyrrole nitrogens is 1. The molecule has 0 radical (unpaired) electrons. The van der Waals surface area contributed by atoms with Gasteiger partial charge in [0.2, 0.25) is 0 Å². The van der Waals surface area contributed by atoms with Crippen LogP contribution in [0.1, 0.15) is 52.0 Å². The molecule has 4 rings (SSSR count). The van der Waals surface area contributed by atoms with Crippen molar-refractivity contribution in [2.24, 2.45) is 0 Å². The van der Waals surface area contributed by atoms with Crippen LogP contribution in [0, 0.1) is 6.92 Å². The van der Waals surface area contributed by atoms with Gasteiger partial charge < -0.3 is 15.1 Å². The van der Waals surface area contributed by atoms with Crippen LogP contribution in [-0.2, 0) is 17.6 Å². The molecule has 3 aromatic carbocycles. The summed E-state index contributed by atoms with van der Waals surface area (Å²) in [5, 5.41) is 4.41. The van der Waals surface area contributed by atoms with Crippen LogP contribution in [0.3, 0.4) is 0 Å². The lowest BCUT2D eigenvalue weighted by Gasteiger charge is -2.18. The Hall–Kier alpha value is -3.50. The number of aromatic nitrogens is 1. The minimum atomic E-state index is -0.423. The summed E-state index contributed by atoms with van der Waals surface area (Å²) in [4.78, 5) is 28.3. The van der Waals surface area contributed by atoms with E-state index < -0.39 is 6.04 Å². The second-order valence-electron chi connectivity index (χ2n) is 8.68. The standard InChI is InChI=1S/C29H30N2O2/c1-20-8-11-22(12-9-20)16-17-30-28(24-6-4-3-5-7-24)29(33)26-19-31-27-18-23(13-10-21(2)32)14-15-25(26)27/h3-9,11-12,14-15,18-19,28,30-31H,10,13,16-17H2,1-2H3/t28-/m1/s1. The average molecular weight is 439 g/mol. The zero-order chi connectivity index (χ0) is 23.2. The van der Waals surface area contributed by atoms with Crippen molar-refractivity contribution >= 4 is 22.5 Å². The van der Waals surface area contributed by atoms with Crippen LogP contribution in [0.25, 0.3) is 10.9 Å². The molecule has 4 aromatic rings. The lowest BCUT2D eigenvalue weighted by atomic mass is 9.96. The molecule has 0 aliphatic rings. The Morgan fingerprint density at radius 3 is 2.36 bits per heavy atom. The van der Waals surface area contributed by atoms with Crippen LogP contribution in [0.15, 0.2) is 79.0 Å². The Morgan fingerprint density at radius 2 is 1.64 bits per heavy atom. The van der Waals surface area contributed by atoms with Crippen LogP contribution in [0.5, 0.6) is 0 Å². The van der Waals surface area contributed by atoms with E-state index in [1.54, 1.807) is 13.1 Å². The molecule has 2 N–H and O–H groups in total. The molecule has 4 heteroatoms. The normalized spacial score (nSPS) is 12.1. The molecular weight excluding hydrogens is 408 g/mol. The first-order valence-corrected chi connectivity index (χ1v) is 11.5. The van der Waals surface area contributed by atoms with Gasteiger partial charge in [-0.05, 0) is 49.4 Å². The molecule has 168 valence electrons. The third-order valence-electron chi connectivity index (χ3n) is 6.06. The topological polar surface area (TPSA) is 62.0 Å². The Balaban J connectivity index is 1.55. The van der Waals surface area contributed by atoms with Gasteiger partial charge in [0.15, 0.2) is 5.78 Å². The lowest BCUT2D eigenvalue weighted by Crippen LogP contribution is -2.30. The molecule has 0 aliphatic carbocycles. The van der Waals surface area contributed by atoms with E-state index in [-0.39, 0.29) is 11.6 Å². The maximum atomic E-state index is 13.7. The first-order chi connectivity index (χ1) is 16.0. The number of carbonyl (C=O) groups excluding carboxylic acids is 2. The van der Waals surface area contributed by atoms with E-state index in [2.05, 4.69) is 41.5 Å². The van der Waals surface area contributed by atoms with Crippen molar-refractivity contribution in [1.29, 1.82) is 0 Å². The fraction of sp³-hybridized carbons (Fsp3) is 0.241. The van der Waals surface area contributed by atoms with Gasteiger partial charge in [-0.2, -0.15) is 0 Å². The number of hydrogen-bond acceptors (Lipinski definition) is 3. The minimum absolute atomic E-state index is 0.0489. The quantitative estimate of drug-likeness (QED) is 0.310. The highest BCUT2D eigenvalue weighted by Gasteiger charge is 2.24. The number of benzene rings is 3. The first-order valence-electron chi connectivity index (χ1n) is 11.5. The molecule has 1 heterocycles. The summed E-state index contributed by atoms with van der Waals surface area (Å²) in [5.74, 6) is 0.229. The van der Waals surface area contributed by atoms with E-state index in [1.807, 2.05) is 48.5 Å². The molecule has 33 heavy (non-hydrogen) atoms. The predicted molar refractivity (Wildman–Crippen MR) is 134 cm³/mol. The highest BCUT2D eigenvalue weighted by atomic mass is 16.1. The molecule has 0 unspecified atom stereocenters. The van der Waals surface area contributed by atoms with Gasteiger partial charge in [-0.1, -0.05) is 72.3 Å². The monoisotopic (exact) mass is 438 g/mol. The molecule has 0 aliphatic heterocycles. The van der Waals surface area contributed by atoms with Crippen LogP contribution in [0.2, 0.25) is 0 Å². The number of Topliss-reactive ketones (excluding diaryl/α,β-unsaturated/α-hetero) is 2. The summed E-state index contributed by atoms with van der Waals surface area (Å²) in [6.45, 7) is 4.39. The Bertz CT molecular complexity index is 1240. The minimum Gasteiger partial charge on any atom is -0.360 e. The van der Waals surface area contributed by atoms with Gasteiger partial charge in [0.1, 0.15) is 5.78 Å².